The van der Waals surface area contributed by atoms with Crippen molar-refractivity contribution in [3.8, 4) is 0 Å². The molecule has 0 saturated carbocycles. The molecule has 0 bridgehead atoms. The normalized spacial score (nSPS) is 12.0. The third kappa shape index (κ3) is 3.85. The molecule has 1 amide bonds. The standard InChI is InChI=1S/C17H19N5O/c1-14-8-10-19-22(14)13-17(23)20-16(12-21-11-5-9-18-21)15-6-3-2-4-7-15/h2-11,16H,12-13H2,1H3,(H,20,23)/t16-/m0/s1. The lowest BCUT2D eigenvalue weighted by atomic mass is 10.1. The van der Waals surface area contributed by atoms with Crippen LogP contribution in [0.15, 0.2) is 61.1 Å². The van der Waals surface area contributed by atoms with Crippen LogP contribution in [0.1, 0.15) is 17.3 Å². The lowest BCUT2D eigenvalue weighted by molar-refractivity contribution is -0.122. The van der Waals surface area contributed by atoms with E-state index in [-0.39, 0.29) is 18.5 Å². The van der Waals surface area contributed by atoms with E-state index in [1.165, 1.54) is 0 Å². The second-order valence-electron chi connectivity index (χ2n) is 5.39. The highest BCUT2D eigenvalue weighted by Crippen LogP contribution is 2.14. The zero-order valence-corrected chi connectivity index (χ0v) is 13.0. The largest absolute Gasteiger partial charge is 0.346 e. The van der Waals surface area contributed by atoms with Crippen molar-refractivity contribution in [2.45, 2.75) is 26.1 Å². The maximum Gasteiger partial charge on any atom is 0.242 e. The molecule has 0 radical (unpaired) electrons. The van der Waals surface area contributed by atoms with Gasteiger partial charge in [-0.15, -0.1) is 0 Å². The summed E-state index contributed by atoms with van der Waals surface area (Å²) in [7, 11) is 0. The van der Waals surface area contributed by atoms with Gasteiger partial charge in [-0.3, -0.25) is 14.2 Å². The summed E-state index contributed by atoms with van der Waals surface area (Å²) in [6.45, 7) is 2.72. The Kier molecular flexibility index (Phi) is 4.52. The fourth-order valence-electron chi connectivity index (χ4n) is 2.46. The van der Waals surface area contributed by atoms with Gasteiger partial charge in [0.1, 0.15) is 6.54 Å². The van der Waals surface area contributed by atoms with E-state index in [0.29, 0.717) is 6.54 Å². The molecular weight excluding hydrogens is 290 g/mol. The molecule has 1 N–H and O–H groups in total. The molecule has 2 heterocycles. The van der Waals surface area contributed by atoms with Gasteiger partial charge in [-0.05, 0) is 24.6 Å². The maximum atomic E-state index is 12.4. The van der Waals surface area contributed by atoms with Crippen LogP contribution in [0.4, 0.5) is 0 Å². The number of carbonyl (C=O) groups is 1. The first-order chi connectivity index (χ1) is 11.2. The van der Waals surface area contributed by atoms with Crippen LogP contribution < -0.4 is 5.32 Å². The first-order valence-corrected chi connectivity index (χ1v) is 7.52. The van der Waals surface area contributed by atoms with Crippen LogP contribution in [0.3, 0.4) is 0 Å². The van der Waals surface area contributed by atoms with Crippen LogP contribution in [-0.4, -0.2) is 25.5 Å². The molecule has 0 aliphatic rings. The fraction of sp³-hybridized carbons (Fsp3) is 0.235. The molecule has 1 aromatic carbocycles. The Bertz CT molecular complexity index is 748. The third-order valence-electron chi connectivity index (χ3n) is 3.69. The van der Waals surface area contributed by atoms with Gasteiger partial charge in [0.15, 0.2) is 0 Å². The molecule has 3 aromatic rings. The number of amides is 1. The lowest BCUT2D eigenvalue weighted by Gasteiger charge is -2.19. The first-order valence-electron chi connectivity index (χ1n) is 7.52. The summed E-state index contributed by atoms with van der Waals surface area (Å²) < 4.78 is 3.50. The summed E-state index contributed by atoms with van der Waals surface area (Å²) in [5.41, 5.74) is 2.01. The summed E-state index contributed by atoms with van der Waals surface area (Å²) in [5.74, 6) is -0.0715. The van der Waals surface area contributed by atoms with Gasteiger partial charge in [-0.2, -0.15) is 10.2 Å². The van der Waals surface area contributed by atoms with Crippen molar-refractivity contribution in [1.29, 1.82) is 0 Å². The second-order valence-corrected chi connectivity index (χ2v) is 5.39. The number of aromatic nitrogens is 4. The topological polar surface area (TPSA) is 64.7 Å². The van der Waals surface area contributed by atoms with Gasteiger partial charge in [0.2, 0.25) is 5.91 Å². The van der Waals surface area contributed by atoms with Gasteiger partial charge in [-0.1, -0.05) is 30.3 Å². The van der Waals surface area contributed by atoms with E-state index in [1.807, 2.05) is 60.3 Å². The van der Waals surface area contributed by atoms with Crippen LogP contribution in [-0.2, 0) is 17.9 Å². The molecule has 0 saturated heterocycles. The highest BCUT2D eigenvalue weighted by Gasteiger charge is 2.16. The predicted octanol–water partition coefficient (Wildman–Crippen LogP) is 1.95. The minimum Gasteiger partial charge on any atom is -0.346 e. The third-order valence-corrected chi connectivity index (χ3v) is 3.69. The van der Waals surface area contributed by atoms with Gasteiger partial charge in [0.05, 0.1) is 12.6 Å². The van der Waals surface area contributed by atoms with Gasteiger partial charge in [0.25, 0.3) is 0 Å². The minimum atomic E-state index is -0.139. The number of aryl methyl sites for hydroxylation is 1. The number of nitrogens with zero attached hydrogens (tertiary/aromatic N) is 4. The number of hydrogen-bond acceptors (Lipinski definition) is 3. The van der Waals surface area contributed by atoms with Crippen molar-refractivity contribution in [3.63, 3.8) is 0 Å². The van der Waals surface area contributed by atoms with E-state index >= 15 is 0 Å². The van der Waals surface area contributed by atoms with Crippen molar-refractivity contribution in [1.82, 2.24) is 24.9 Å². The highest BCUT2D eigenvalue weighted by atomic mass is 16.2. The summed E-state index contributed by atoms with van der Waals surface area (Å²) in [5, 5.41) is 11.5. The van der Waals surface area contributed by atoms with Crippen LogP contribution in [0.2, 0.25) is 0 Å². The van der Waals surface area contributed by atoms with E-state index in [9.17, 15) is 4.79 Å². The van der Waals surface area contributed by atoms with Crippen LogP contribution in [0.25, 0.3) is 0 Å². The molecule has 3 rings (SSSR count). The highest BCUT2D eigenvalue weighted by molar-refractivity contribution is 5.76. The van der Waals surface area contributed by atoms with Gasteiger partial charge in [-0.25, -0.2) is 0 Å². The van der Waals surface area contributed by atoms with E-state index in [0.717, 1.165) is 11.3 Å². The van der Waals surface area contributed by atoms with E-state index in [4.69, 9.17) is 0 Å². The smallest absolute Gasteiger partial charge is 0.242 e. The maximum absolute atomic E-state index is 12.4. The van der Waals surface area contributed by atoms with Crippen molar-refractivity contribution >= 4 is 5.91 Å². The molecule has 0 fully saturated rings. The van der Waals surface area contributed by atoms with Crippen LogP contribution in [0, 0.1) is 6.92 Å². The summed E-state index contributed by atoms with van der Waals surface area (Å²) in [6.07, 6.45) is 5.32. The number of benzene rings is 1. The van der Waals surface area contributed by atoms with Gasteiger partial charge < -0.3 is 5.32 Å². The van der Waals surface area contributed by atoms with Crippen molar-refractivity contribution in [2.75, 3.05) is 0 Å². The number of nitrogens with one attached hydrogen (secondary N) is 1. The summed E-state index contributed by atoms with van der Waals surface area (Å²) >= 11 is 0. The van der Waals surface area contributed by atoms with Crippen molar-refractivity contribution < 1.29 is 4.79 Å². The van der Waals surface area contributed by atoms with Crippen LogP contribution >= 0.6 is 0 Å². The van der Waals surface area contributed by atoms with Gasteiger partial charge in [0, 0.05) is 24.3 Å². The van der Waals surface area contributed by atoms with Crippen molar-refractivity contribution in [3.05, 3.63) is 72.3 Å². The van der Waals surface area contributed by atoms with E-state index in [1.54, 1.807) is 17.1 Å². The van der Waals surface area contributed by atoms with Gasteiger partial charge >= 0.3 is 0 Å². The molecule has 0 spiro atoms. The molecule has 1 atom stereocenters. The quantitative estimate of drug-likeness (QED) is 0.757. The Labute approximate surface area is 134 Å². The van der Waals surface area contributed by atoms with Crippen LogP contribution in [0.5, 0.6) is 0 Å². The second kappa shape index (κ2) is 6.91. The molecule has 6 heteroatoms. The number of carbonyl (C=O) groups excluding carboxylic acids is 1. The zero-order valence-electron chi connectivity index (χ0n) is 13.0. The molecule has 0 aliphatic heterocycles. The fourth-order valence-corrected chi connectivity index (χ4v) is 2.46. The molecule has 118 valence electrons. The summed E-state index contributed by atoms with van der Waals surface area (Å²) in [4.78, 5) is 12.4. The molecule has 23 heavy (non-hydrogen) atoms. The Morgan fingerprint density at radius 3 is 2.61 bits per heavy atom. The molecule has 6 nitrogen and oxygen atoms in total. The molecule has 0 unspecified atom stereocenters. The van der Waals surface area contributed by atoms with E-state index in [2.05, 4.69) is 15.5 Å². The molecule has 2 aromatic heterocycles. The number of rotatable bonds is 6. The Morgan fingerprint density at radius 2 is 1.96 bits per heavy atom. The Balaban J connectivity index is 1.73. The average molecular weight is 309 g/mol. The zero-order chi connectivity index (χ0) is 16.1. The first kappa shape index (κ1) is 15.0. The number of hydrogen-bond donors (Lipinski definition) is 1. The summed E-state index contributed by atoms with van der Waals surface area (Å²) in [6, 6.07) is 13.5. The van der Waals surface area contributed by atoms with Crippen molar-refractivity contribution in [2.24, 2.45) is 0 Å². The minimum absolute atomic E-state index is 0.0715. The Hall–Kier alpha value is -2.89. The lowest BCUT2D eigenvalue weighted by Crippen LogP contribution is -2.34. The monoisotopic (exact) mass is 309 g/mol. The SMILES string of the molecule is Cc1ccnn1CC(=O)N[C@@H](Cn1cccn1)c1ccccc1. The Morgan fingerprint density at radius 1 is 1.13 bits per heavy atom. The van der Waals surface area contributed by atoms with E-state index < -0.39 is 0 Å². The predicted molar refractivity (Wildman–Crippen MR) is 86.5 cm³/mol. The average Bonchev–Trinajstić information content (AvgIpc) is 3.20. The molecular formula is C17H19N5O. The molecule has 0 aliphatic carbocycles.